The van der Waals surface area contributed by atoms with E-state index in [1.807, 2.05) is 6.08 Å². The molecule has 1 radical (unpaired) electrons. The van der Waals surface area contributed by atoms with Crippen LogP contribution in [0.5, 0.6) is 0 Å². The molecule has 0 aromatic heterocycles. The molecular formula is C13H19BNO4. The Morgan fingerprint density at radius 3 is 3.00 bits per heavy atom. The van der Waals surface area contributed by atoms with Crippen molar-refractivity contribution in [1.29, 1.82) is 0 Å². The predicted molar refractivity (Wildman–Crippen MR) is 69.4 cm³/mol. The van der Waals surface area contributed by atoms with Gasteiger partial charge in [0.2, 0.25) is 0 Å². The second-order valence-corrected chi connectivity index (χ2v) is 6.39. The van der Waals surface area contributed by atoms with Crippen LogP contribution in [0, 0.1) is 11.3 Å². The fourth-order valence-electron chi connectivity index (χ4n) is 4.64. The van der Waals surface area contributed by atoms with Crippen molar-refractivity contribution in [2.45, 2.75) is 43.7 Å². The number of carbonyl (C=O) groups is 1. The summed E-state index contributed by atoms with van der Waals surface area (Å²) in [6, 6.07) is -0.703. The van der Waals surface area contributed by atoms with Gasteiger partial charge in [-0.1, -0.05) is 11.6 Å². The molecular weight excluding hydrogens is 245 g/mol. The molecule has 3 unspecified atom stereocenters. The summed E-state index contributed by atoms with van der Waals surface area (Å²) in [5.74, 6) is -0.460. The van der Waals surface area contributed by atoms with E-state index in [1.165, 1.54) is 20.3 Å². The fourth-order valence-corrected chi connectivity index (χ4v) is 4.64. The lowest BCUT2D eigenvalue weighted by Gasteiger charge is -2.57. The molecule has 3 N–H and O–H groups in total. The molecule has 0 spiro atoms. The van der Waals surface area contributed by atoms with Crippen LogP contribution in [0.4, 0.5) is 0 Å². The molecule has 0 aliphatic heterocycles. The molecule has 0 heterocycles. The van der Waals surface area contributed by atoms with E-state index in [4.69, 9.17) is 4.65 Å². The minimum absolute atomic E-state index is 0.388. The van der Waals surface area contributed by atoms with E-state index in [0.29, 0.717) is 12.3 Å². The van der Waals surface area contributed by atoms with Crippen LogP contribution >= 0.6 is 0 Å². The normalized spacial score (nSPS) is 40.9. The van der Waals surface area contributed by atoms with Crippen LogP contribution in [0.15, 0.2) is 11.6 Å². The number of carboxylic acids is 1. The number of aliphatic carboxylic acids is 1. The number of carboxylic acid groups (broad SMARTS) is 1. The van der Waals surface area contributed by atoms with Crippen LogP contribution in [0.3, 0.4) is 0 Å². The minimum Gasteiger partial charge on any atom is -0.480 e. The zero-order valence-electron chi connectivity index (χ0n) is 11.1. The Balaban J connectivity index is 1.90. The Labute approximate surface area is 113 Å². The van der Waals surface area contributed by atoms with Crippen molar-refractivity contribution in [3.8, 4) is 0 Å². The number of aliphatic hydroxyl groups is 1. The van der Waals surface area contributed by atoms with E-state index in [0.717, 1.165) is 25.7 Å². The van der Waals surface area contributed by atoms with Gasteiger partial charge in [0.05, 0.1) is 5.60 Å². The Morgan fingerprint density at radius 2 is 2.42 bits per heavy atom. The smallest absolute Gasteiger partial charge is 0.396 e. The molecule has 0 aromatic carbocycles. The van der Waals surface area contributed by atoms with Crippen molar-refractivity contribution < 1.29 is 19.7 Å². The maximum absolute atomic E-state index is 11.6. The first-order valence-corrected chi connectivity index (χ1v) is 6.73. The van der Waals surface area contributed by atoms with E-state index < -0.39 is 17.6 Å². The highest BCUT2D eigenvalue weighted by molar-refractivity contribution is 6.24. The average molecular weight is 264 g/mol. The van der Waals surface area contributed by atoms with Gasteiger partial charge in [0, 0.05) is 12.5 Å². The molecule has 0 saturated heterocycles. The van der Waals surface area contributed by atoms with Crippen molar-refractivity contribution in [3.63, 3.8) is 0 Å². The van der Waals surface area contributed by atoms with E-state index in [1.54, 1.807) is 0 Å². The molecule has 4 bridgehead atoms. The summed E-state index contributed by atoms with van der Waals surface area (Å²) in [5, 5.41) is 22.9. The van der Waals surface area contributed by atoms with Crippen molar-refractivity contribution in [3.05, 3.63) is 11.6 Å². The zero-order chi connectivity index (χ0) is 13.7. The fraction of sp³-hybridized carbons (Fsp3) is 0.769. The molecule has 4 atom stereocenters. The van der Waals surface area contributed by atoms with E-state index in [9.17, 15) is 15.0 Å². The summed E-state index contributed by atoms with van der Waals surface area (Å²) in [7, 11) is 2.82. The molecule has 2 saturated carbocycles. The van der Waals surface area contributed by atoms with Crippen molar-refractivity contribution in [2.75, 3.05) is 7.11 Å². The van der Waals surface area contributed by atoms with Crippen LogP contribution in [0.2, 0.25) is 0 Å². The second-order valence-electron chi connectivity index (χ2n) is 6.39. The monoisotopic (exact) mass is 264 g/mol. The summed E-state index contributed by atoms with van der Waals surface area (Å²) in [6.07, 6.45) is 5.94. The summed E-state index contributed by atoms with van der Waals surface area (Å²) in [6.45, 7) is 0. The second kappa shape index (κ2) is 4.33. The largest absolute Gasteiger partial charge is 0.480 e. The Bertz CT molecular complexity index is 440. The lowest BCUT2D eigenvalue weighted by molar-refractivity contribution is -0.149. The number of allylic oxidation sites excluding steroid dienone is 1. The molecule has 0 aromatic rings. The number of nitrogens with one attached hydrogen (secondary N) is 1. The zero-order valence-corrected chi connectivity index (χ0v) is 11.1. The average Bonchev–Trinajstić information content (AvgIpc) is 2.24. The van der Waals surface area contributed by atoms with Gasteiger partial charge in [0.1, 0.15) is 6.04 Å². The highest BCUT2D eigenvalue weighted by Crippen LogP contribution is 2.60. The Hall–Kier alpha value is -0.845. The quantitative estimate of drug-likeness (QED) is 0.496. The summed E-state index contributed by atoms with van der Waals surface area (Å²) in [4.78, 5) is 11.6. The van der Waals surface area contributed by atoms with Crippen molar-refractivity contribution in [1.82, 2.24) is 5.23 Å². The topological polar surface area (TPSA) is 78.8 Å². The predicted octanol–water partition coefficient (Wildman–Crippen LogP) is 0.461. The molecule has 0 amide bonds. The highest BCUT2D eigenvalue weighted by atomic mass is 16.4. The van der Waals surface area contributed by atoms with Gasteiger partial charge in [0.15, 0.2) is 0 Å². The van der Waals surface area contributed by atoms with Gasteiger partial charge < -0.3 is 20.1 Å². The first-order chi connectivity index (χ1) is 8.96. The number of hydrogen-bond acceptors (Lipinski definition) is 4. The van der Waals surface area contributed by atoms with Crippen LogP contribution in [0.25, 0.3) is 0 Å². The molecule has 4 aliphatic carbocycles. The summed E-state index contributed by atoms with van der Waals surface area (Å²) >= 11 is 0. The third-order valence-electron chi connectivity index (χ3n) is 4.81. The van der Waals surface area contributed by atoms with Gasteiger partial charge in [0.25, 0.3) is 0 Å². The van der Waals surface area contributed by atoms with E-state index in [2.05, 4.69) is 5.23 Å². The van der Waals surface area contributed by atoms with Gasteiger partial charge in [-0.2, -0.15) is 0 Å². The first kappa shape index (κ1) is 13.2. The molecule has 2 fully saturated rings. The molecule has 4 rings (SSSR count). The SMILES string of the molecule is CO[B]N[C@H](C(=O)O)C12CC3=CC(O)(CC(C3)C1)C2. The summed E-state index contributed by atoms with van der Waals surface area (Å²) in [5.41, 5.74) is 0.0413. The maximum atomic E-state index is 11.6. The Morgan fingerprint density at radius 1 is 1.63 bits per heavy atom. The lowest BCUT2D eigenvalue weighted by Crippen LogP contribution is -2.61. The third kappa shape index (κ3) is 2.12. The molecule has 103 valence electrons. The van der Waals surface area contributed by atoms with Crippen molar-refractivity contribution in [2.24, 2.45) is 11.3 Å². The minimum atomic E-state index is -0.876. The van der Waals surface area contributed by atoms with Gasteiger partial charge in [-0.05, 0) is 38.0 Å². The highest BCUT2D eigenvalue weighted by Gasteiger charge is 2.58. The van der Waals surface area contributed by atoms with Crippen LogP contribution in [-0.2, 0) is 9.45 Å². The molecule has 4 aliphatic rings. The number of hydrogen-bond donors (Lipinski definition) is 3. The van der Waals surface area contributed by atoms with Gasteiger partial charge in [-0.15, -0.1) is 0 Å². The summed E-state index contributed by atoms with van der Waals surface area (Å²) < 4.78 is 4.83. The number of rotatable bonds is 5. The van der Waals surface area contributed by atoms with Crippen molar-refractivity contribution >= 4 is 13.6 Å². The molecule has 19 heavy (non-hydrogen) atoms. The lowest BCUT2D eigenvalue weighted by atomic mass is 9.49. The van der Waals surface area contributed by atoms with Gasteiger partial charge >= 0.3 is 13.6 Å². The van der Waals surface area contributed by atoms with Crippen LogP contribution in [-0.4, -0.2) is 42.6 Å². The van der Waals surface area contributed by atoms with Crippen LogP contribution < -0.4 is 5.23 Å². The maximum Gasteiger partial charge on any atom is 0.396 e. The standard InChI is InChI=1S/C13H19BNO4/c1-19-14-15-10(11(16)17)12-3-8-2-9(4-12)6-13(18,5-8)7-12/h5,9-10,15,18H,2-4,6-7H2,1H3,(H,16,17)/t9?,10-,12?,13?/m1/s1. The third-order valence-corrected chi connectivity index (χ3v) is 4.81. The van der Waals surface area contributed by atoms with Gasteiger partial charge in [-0.3, -0.25) is 4.79 Å². The molecule has 6 heteroatoms. The van der Waals surface area contributed by atoms with E-state index in [-0.39, 0.29) is 5.41 Å². The van der Waals surface area contributed by atoms with Gasteiger partial charge in [-0.25, -0.2) is 0 Å². The van der Waals surface area contributed by atoms with Crippen LogP contribution in [0.1, 0.15) is 32.1 Å². The Kier molecular flexibility index (Phi) is 3.00. The first-order valence-electron chi connectivity index (χ1n) is 6.73. The van der Waals surface area contributed by atoms with E-state index >= 15 is 0 Å². The molecule has 5 nitrogen and oxygen atoms in total.